The number of benzene rings is 2. The summed E-state index contributed by atoms with van der Waals surface area (Å²) in [6.07, 6.45) is 1.89. The molecule has 1 fully saturated rings. The Morgan fingerprint density at radius 1 is 1.19 bits per heavy atom. The fraction of sp³-hybridized carbons (Fsp3) is 0.308. The number of halogens is 1. The first kappa shape index (κ1) is 24.1. The lowest BCUT2D eigenvalue weighted by Crippen LogP contribution is -2.47. The highest BCUT2D eigenvalue weighted by atomic mass is 79.9. The zero-order valence-corrected chi connectivity index (χ0v) is 20.9. The summed E-state index contributed by atoms with van der Waals surface area (Å²) < 4.78 is 6.31. The summed E-state index contributed by atoms with van der Waals surface area (Å²) in [5, 5.41) is 17.3. The Balaban J connectivity index is 1.27. The van der Waals surface area contributed by atoms with Crippen LogP contribution in [0, 0.1) is 0 Å². The van der Waals surface area contributed by atoms with Gasteiger partial charge < -0.3 is 20.0 Å². The first-order valence-corrected chi connectivity index (χ1v) is 12.5. The number of nitrogens with zero attached hydrogens (tertiary/aromatic N) is 3. The van der Waals surface area contributed by atoms with Gasteiger partial charge in [-0.25, -0.2) is 4.79 Å². The Hall–Kier alpha value is -3.66. The molecule has 10 heteroatoms. The molecule has 1 aromatic heterocycles. The molecule has 2 aromatic carbocycles. The fourth-order valence-electron chi connectivity index (χ4n) is 4.53. The Labute approximate surface area is 216 Å². The van der Waals surface area contributed by atoms with Gasteiger partial charge in [0.25, 0.3) is 0 Å². The summed E-state index contributed by atoms with van der Waals surface area (Å²) in [7, 11) is 0. The summed E-state index contributed by atoms with van der Waals surface area (Å²) in [5.41, 5.74) is 2.57. The van der Waals surface area contributed by atoms with Crippen LogP contribution >= 0.6 is 15.9 Å². The van der Waals surface area contributed by atoms with Crippen molar-refractivity contribution in [3.05, 3.63) is 71.9 Å². The third kappa shape index (κ3) is 5.43. The van der Waals surface area contributed by atoms with Gasteiger partial charge in [0, 0.05) is 36.0 Å². The number of aromatic nitrogens is 1. The van der Waals surface area contributed by atoms with E-state index in [0.29, 0.717) is 24.0 Å². The molecule has 0 saturated carbocycles. The molecule has 2 N–H and O–H groups in total. The van der Waals surface area contributed by atoms with E-state index < -0.39 is 12.1 Å². The number of carbonyl (C=O) groups is 2. The zero-order valence-electron chi connectivity index (χ0n) is 19.3. The number of para-hydroxylation sites is 1. The molecule has 2 aliphatic heterocycles. The Morgan fingerprint density at radius 3 is 2.78 bits per heavy atom. The molecular formula is C26H25BrN4O5. The van der Waals surface area contributed by atoms with E-state index in [9.17, 15) is 14.7 Å². The number of hydrogen-bond acceptors (Lipinski definition) is 7. The van der Waals surface area contributed by atoms with E-state index in [2.05, 4.69) is 31.4 Å². The molecule has 9 nitrogen and oxygen atoms in total. The van der Waals surface area contributed by atoms with Gasteiger partial charge in [-0.1, -0.05) is 35.5 Å². The van der Waals surface area contributed by atoms with Crippen LogP contribution in [0.15, 0.2) is 65.9 Å². The normalized spacial score (nSPS) is 21.2. The van der Waals surface area contributed by atoms with Crippen LogP contribution in [-0.4, -0.2) is 56.8 Å². The highest BCUT2D eigenvalue weighted by Crippen LogP contribution is 2.33. The van der Waals surface area contributed by atoms with Crippen LogP contribution < -0.4 is 5.32 Å². The molecule has 3 heterocycles. The molecule has 1 unspecified atom stereocenters. The largest absolute Gasteiger partial charge is 0.508 e. The van der Waals surface area contributed by atoms with E-state index in [1.54, 1.807) is 18.3 Å². The maximum Gasteiger partial charge on any atom is 0.410 e. The number of ether oxygens (including phenoxy) is 1. The van der Waals surface area contributed by atoms with Crippen LogP contribution in [-0.2, 0) is 21.0 Å². The second kappa shape index (κ2) is 10.5. The van der Waals surface area contributed by atoms with Crippen molar-refractivity contribution in [2.24, 2.45) is 5.16 Å². The van der Waals surface area contributed by atoms with Crippen molar-refractivity contribution >= 4 is 43.5 Å². The van der Waals surface area contributed by atoms with Crippen LogP contribution in [0.2, 0.25) is 0 Å². The van der Waals surface area contributed by atoms with E-state index in [4.69, 9.17) is 9.57 Å². The summed E-state index contributed by atoms with van der Waals surface area (Å²) in [4.78, 5) is 37.4. The van der Waals surface area contributed by atoms with Gasteiger partial charge in [-0.05, 0) is 52.2 Å². The van der Waals surface area contributed by atoms with Crippen molar-refractivity contribution in [3.8, 4) is 5.75 Å². The molecule has 0 aliphatic carbocycles. The van der Waals surface area contributed by atoms with Gasteiger partial charge in [-0.3, -0.25) is 14.7 Å². The molecule has 2 aliphatic rings. The Kier molecular flexibility index (Phi) is 7.04. The number of phenolic OH excluding ortho intramolecular Hbond substituents is 1. The molecule has 0 radical (unpaired) electrons. The number of phenols is 1. The molecule has 2 amide bonds. The highest BCUT2D eigenvalue weighted by molar-refractivity contribution is 9.18. The van der Waals surface area contributed by atoms with Crippen LogP contribution in [0.25, 0.3) is 10.9 Å². The summed E-state index contributed by atoms with van der Waals surface area (Å²) in [5.74, 6) is -0.181. The fourth-order valence-corrected chi connectivity index (χ4v) is 4.98. The lowest BCUT2D eigenvalue weighted by atomic mass is 9.96. The second-order valence-corrected chi connectivity index (χ2v) is 9.84. The molecule has 3 aromatic rings. The third-order valence-electron chi connectivity index (χ3n) is 6.41. The number of nitrogens with one attached hydrogen (secondary N) is 1. The average molecular weight is 553 g/mol. The van der Waals surface area contributed by atoms with E-state index in [0.717, 1.165) is 22.0 Å². The lowest BCUT2D eigenvalue weighted by molar-refractivity contribution is -0.125. The van der Waals surface area contributed by atoms with Crippen LogP contribution in [0.1, 0.15) is 29.9 Å². The van der Waals surface area contributed by atoms with Gasteiger partial charge in [0.15, 0.2) is 6.10 Å². The summed E-state index contributed by atoms with van der Waals surface area (Å²) in [6.45, 7) is 0.655. The molecule has 0 spiro atoms. The minimum Gasteiger partial charge on any atom is -0.508 e. The predicted octanol–water partition coefficient (Wildman–Crippen LogP) is 4.05. The van der Waals surface area contributed by atoms with Gasteiger partial charge in [-0.15, -0.1) is 0 Å². The average Bonchev–Trinajstić information content (AvgIpc) is 3.53. The highest BCUT2D eigenvalue weighted by Gasteiger charge is 2.41. The maximum absolute atomic E-state index is 13.1. The number of hydrogen-bond donors (Lipinski definition) is 2. The third-order valence-corrected chi connectivity index (χ3v) is 6.88. The van der Waals surface area contributed by atoms with E-state index >= 15 is 0 Å². The van der Waals surface area contributed by atoms with Crippen LogP contribution in [0.4, 0.5) is 4.79 Å². The number of aromatic hydroxyl groups is 1. The van der Waals surface area contributed by atoms with Crippen molar-refractivity contribution in [1.29, 1.82) is 0 Å². The molecular weight excluding hydrogens is 528 g/mol. The minimum absolute atomic E-state index is 0.0483. The molecule has 3 atom stereocenters. The SMILES string of the molecule is O=C(NCC1CC(Br)=NO1)[C@@H]1C[C@@H](c2ccc(O)cc2)CN1C(=O)OCc1cnc2ccccc2c1. The van der Waals surface area contributed by atoms with Gasteiger partial charge in [0.1, 0.15) is 23.0 Å². The number of fused-ring (bicyclic) bond motifs is 1. The topological polar surface area (TPSA) is 113 Å². The second-order valence-electron chi connectivity index (χ2n) is 8.93. The van der Waals surface area contributed by atoms with Gasteiger partial charge in [0.05, 0.1) is 12.1 Å². The number of rotatable bonds is 6. The van der Waals surface area contributed by atoms with Gasteiger partial charge in [0.2, 0.25) is 5.91 Å². The lowest BCUT2D eigenvalue weighted by Gasteiger charge is -2.23. The first-order chi connectivity index (χ1) is 17.5. The number of oxime groups is 1. The van der Waals surface area contributed by atoms with Crippen LogP contribution in [0.3, 0.4) is 0 Å². The Bertz CT molecular complexity index is 1300. The number of pyridine rings is 1. The molecule has 36 heavy (non-hydrogen) atoms. The first-order valence-electron chi connectivity index (χ1n) is 11.7. The molecule has 186 valence electrons. The van der Waals surface area contributed by atoms with Crippen molar-refractivity contribution in [2.75, 3.05) is 13.1 Å². The van der Waals surface area contributed by atoms with Gasteiger partial charge in [-0.2, -0.15) is 0 Å². The number of likely N-dealkylation sites (tertiary alicyclic amines) is 1. The van der Waals surface area contributed by atoms with E-state index in [-0.39, 0.29) is 36.8 Å². The molecule has 0 bridgehead atoms. The quantitative estimate of drug-likeness (QED) is 0.477. The van der Waals surface area contributed by atoms with Crippen molar-refractivity contribution in [2.45, 2.75) is 37.5 Å². The van der Waals surface area contributed by atoms with Crippen molar-refractivity contribution in [3.63, 3.8) is 0 Å². The van der Waals surface area contributed by atoms with Gasteiger partial charge >= 0.3 is 6.09 Å². The smallest absolute Gasteiger partial charge is 0.410 e. The van der Waals surface area contributed by atoms with E-state index in [1.807, 2.05) is 42.5 Å². The minimum atomic E-state index is -0.697. The van der Waals surface area contributed by atoms with E-state index in [1.165, 1.54) is 4.90 Å². The number of amides is 2. The monoisotopic (exact) mass is 552 g/mol. The predicted molar refractivity (Wildman–Crippen MR) is 137 cm³/mol. The maximum atomic E-state index is 13.1. The molecule has 1 saturated heterocycles. The number of carbonyl (C=O) groups excluding carboxylic acids is 2. The zero-order chi connectivity index (χ0) is 25.1. The van der Waals surface area contributed by atoms with Crippen molar-refractivity contribution in [1.82, 2.24) is 15.2 Å². The molecule has 5 rings (SSSR count). The van der Waals surface area contributed by atoms with Crippen LogP contribution in [0.5, 0.6) is 5.75 Å². The van der Waals surface area contributed by atoms with Crippen molar-refractivity contribution < 1.29 is 24.3 Å². The Morgan fingerprint density at radius 2 is 2.00 bits per heavy atom. The standard InChI is InChI=1S/C26H25BrN4O5/c27-24-11-21(36-30-24)13-29-25(33)23-10-19(17-5-7-20(32)8-6-17)14-31(23)26(34)35-15-16-9-18-3-1-2-4-22(18)28-12-16/h1-9,12,19,21,23,32H,10-11,13-15H2,(H,29,33)/t19-,21?,23+/m1/s1. The summed E-state index contributed by atoms with van der Waals surface area (Å²) >= 11 is 3.29. The summed E-state index contributed by atoms with van der Waals surface area (Å²) in [6, 6.07) is 15.8.